The Bertz CT molecular complexity index is 1000. The second kappa shape index (κ2) is 7.49. The predicted molar refractivity (Wildman–Crippen MR) is 116 cm³/mol. The van der Waals surface area contributed by atoms with Crippen molar-refractivity contribution in [3.05, 3.63) is 59.1 Å². The van der Waals surface area contributed by atoms with E-state index < -0.39 is 0 Å². The summed E-state index contributed by atoms with van der Waals surface area (Å²) in [6.45, 7) is 0.564. The van der Waals surface area contributed by atoms with Gasteiger partial charge in [0.25, 0.3) is 0 Å². The molecule has 28 heavy (non-hydrogen) atoms. The molecule has 2 aliphatic carbocycles. The van der Waals surface area contributed by atoms with E-state index >= 15 is 0 Å². The van der Waals surface area contributed by atoms with Gasteiger partial charge in [-0.15, -0.1) is 0 Å². The maximum absolute atomic E-state index is 13.4. The summed E-state index contributed by atoms with van der Waals surface area (Å²) in [5.41, 5.74) is 2.02. The number of anilines is 1. The van der Waals surface area contributed by atoms with Crippen LogP contribution in [0.1, 0.15) is 37.7 Å². The number of fused-ring (bicyclic) bond motifs is 3. The number of benzene rings is 2. The van der Waals surface area contributed by atoms with E-state index in [2.05, 4.69) is 12.1 Å². The minimum Gasteiger partial charge on any atom is -0.284 e. The van der Waals surface area contributed by atoms with Crippen LogP contribution in [0.25, 0.3) is 10.2 Å². The zero-order chi connectivity index (χ0) is 19.1. The molecule has 2 aromatic carbocycles. The lowest BCUT2D eigenvalue weighted by Crippen LogP contribution is -2.32. The summed E-state index contributed by atoms with van der Waals surface area (Å²) in [6.07, 6.45) is 5.87. The molecule has 1 aromatic heterocycles. The van der Waals surface area contributed by atoms with Crippen molar-refractivity contribution in [1.29, 1.82) is 0 Å². The van der Waals surface area contributed by atoms with Gasteiger partial charge in [-0.2, -0.15) is 0 Å². The zero-order valence-corrected chi connectivity index (χ0v) is 17.3. The van der Waals surface area contributed by atoms with Crippen LogP contribution in [0.4, 0.5) is 5.13 Å². The van der Waals surface area contributed by atoms with E-state index in [1.165, 1.54) is 25.7 Å². The van der Waals surface area contributed by atoms with Gasteiger partial charge in [0.15, 0.2) is 5.13 Å². The largest absolute Gasteiger partial charge is 0.284 e. The number of carbonyl (C=O) groups is 1. The van der Waals surface area contributed by atoms with Crippen molar-refractivity contribution < 1.29 is 4.79 Å². The molecule has 3 nitrogen and oxygen atoms in total. The minimum absolute atomic E-state index is 0.201. The molecule has 0 saturated heterocycles. The van der Waals surface area contributed by atoms with Crippen LogP contribution < -0.4 is 4.90 Å². The average Bonchev–Trinajstić information content (AvgIpc) is 3.41. The van der Waals surface area contributed by atoms with Gasteiger partial charge >= 0.3 is 0 Å². The predicted octanol–water partition coefficient (Wildman–Crippen LogP) is 6.31. The highest BCUT2D eigenvalue weighted by Crippen LogP contribution is 2.49. The van der Waals surface area contributed by atoms with Crippen molar-refractivity contribution in [3.63, 3.8) is 0 Å². The highest BCUT2D eigenvalue weighted by molar-refractivity contribution is 7.22. The molecule has 0 radical (unpaired) electrons. The van der Waals surface area contributed by atoms with E-state index in [-0.39, 0.29) is 5.91 Å². The normalized spacial score (nSPS) is 23.4. The number of hydrogen-bond acceptors (Lipinski definition) is 3. The molecule has 5 rings (SSSR count). The van der Waals surface area contributed by atoms with E-state index in [9.17, 15) is 4.79 Å². The lowest BCUT2D eigenvalue weighted by Gasteiger charge is -2.25. The van der Waals surface area contributed by atoms with E-state index in [1.807, 2.05) is 41.3 Å². The summed E-state index contributed by atoms with van der Waals surface area (Å²) in [5.74, 6) is 2.36. The molecule has 2 saturated carbocycles. The van der Waals surface area contributed by atoms with Crippen molar-refractivity contribution in [2.24, 2.45) is 17.8 Å². The Labute approximate surface area is 174 Å². The quantitative estimate of drug-likeness (QED) is 0.493. The fourth-order valence-corrected chi connectivity index (χ4v) is 6.25. The van der Waals surface area contributed by atoms with Crippen molar-refractivity contribution in [2.45, 2.75) is 38.6 Å². The maximum atomic E-state index is 13.4. The summed E-state index contributed by atoms with van der Waals surface area (Å²) in [5, 5.41) is 1.47. The molecule has 1 amide bonds. The first-order valence-corrected chi connectivity index (χ1v) is 11.3. The van der Waals surface area contributed by atoms with Crippen molar-refractivity contribution in [1.82, 2.24) is 4.98 Å². The summed E-state index contributed by atoms with van der Waals surface area (Å²) >= 11 is 7.70. The highest BCUT2D eigenvalue weighted by Gasteiger charge is 2.41. The minimum atomic E-state index is 0.201. The number of halogens is 1. The fourth-order valence-electron chi connectivity index (χ4n) is 4.99. The molecule has 2 fully saturated rings. The van der Waals surface area contributed by atoms with E-state index in [1.54, 1.807) is 11.3 Å². The van der Waals surface area contributed by atoms with Crippen molar-refractivity contribution in [2.75, 3.05) is 4.90 Å². The van der Waals surface area contributed by atoms with Gasteiger partial charge in [-0.1, -0.05) is 59.7 Å². The first kappa shape index (κ1) is 18.1. The smallest absolute Gasteiger partial charge is 0.229 e. The van der Waals surface area contributed by atoms with E-state index in [4.69, 9.17) is 16.6 Å². The summed E-state index contributed by atoms with van der Waals surface area (Å²) in [7, 11) is 0. The van der Waals surface area contributed by atoms with Crippen LogP contribution in [0.5, 0.6) is 0 Å². The topological polar surface area (TPSA) is 33.2 Å². The summed E-state index contributed by atoms with van der Waals surface area (Å²) in [6, 6.07) is 15.9. The molecule has 0 unspecified atom stereocenters. The van der Waals surface area contributed by atoms with Crippen molar-refractivity contribution in [3.8, 4) is 0 Å². The Morgan fingerprint density at radius 3 is 2.75 bits per heavy atom. The van der Waals surface area contributed by atoms with Crippen LogP contribution in [-0.2, 0) is 11.3 Å². The Balaban J connectivity index is 1.44. The van der Waals surface area contributed by atoms with Gasteiger partial charge in [0, 0.05) is 11.4 Å². The van der Waals surface area contributed by atoms with Crippen LogP contribution in [0.2, 0.25) is 5.02 Å². The standard InChI is InChI=1S/C23H23ClN2OS/c24-19-8-9-20-21(13-19)28-23(25-20)26(14-15-4-2-1-3-5-15)22(27)12-18-11-16-6-7-17(18)10-16/h1-5,8-9,13,16-18H,6-7,10-12,14H2/t16-,17-,18-/m1/s1. The third-order valence-electron chi connectivity index (χ3n) is 6.38. The molecule has 144 valence electrons. The van der Waals surface area contributed by atoms with Crippen LogP contribution in [-0.4, -0.2) is 10.9 Å². The van der Waals surface area contributed by atoms with Gasteiger partial charge in [0.05, 0.1) is 16.8 Å². The number of carbonyl (C=O) groups excluding carboxylic acids is 1. The Morgan fingerprint density at radius 1 is 1.14 bits per heavy atom. The van der Waals surface area contributed by atoms with Gasteiger partial charge in [-0.25, -0.2) is 4.98 Å². The number of thiazole rings is 1. The van der Waals surface area contributed by atoms with Gasteiger partial charge < -0.3 is 0 Å². The van der Waals surface area contributed by atoms with Crippen molar-refractivity contribution >= 4 is 44.2 Å². The van der Waals surface area contributed by atoms with Crippen LogP contribution in [0.15, 0.2) is 48.5 Å². The zero-order valence-electron chi connectivity index (χ0n) is 15.7. The third kappa shape index (κ3) is 3.56. The third-order valence-corrected chi connectivity index (χ3v) is 7.65. The van der Waals surface area contributed by atoms with Crippen LogP contribution in [0.3, 0.4) is 0 Å². The Hall–Kier alpha value is -1.91. The Morgan fingerprint density at radius 2 is 2.00 bits per heavy atom. The maximum Gasteiger partial charge on any atom is 0.229 e. The van der Waals surface area contributed by atoms with Gasteiger partial charge in [-0.05, 0) is 60.8 Å². The summed E-state index contributed by atoms with van der Waals surface area (Å²) in [4.78, 5) is 20.0. The molecular weight excluding hydrogens is 388 g/mol. The molecule has 0 aliphatic heterocycles. The van der Waals surface area contributed by atoms with Gasteiger partial charge in [0.2, 0.25) is 5.91 Å². The monoisotopic (exact) mass is 410 g/mol. The molecule has 0 N–H and O–H groups in total. The van der Waals surface area contributed by atoms with Gasteiger partial charge in [-0.3, -0.25) is 9.69 Å². The molecule has 2 aliphatic rings. The van der Waals surface area contributed by atoms with E-state index in [0.29, 0.717) is 23.9 Å². The number of aromatic nitrogens is 1. The van der Waals surface area contributed by atoms with Gasteiger partial charge in [0.1, 0.15) is 0 Å². The second-order valence-electron chi connectivity index (χ2n) is 8.21. The second-order valence-corrected chi connectivity index (χ2v) is 9.66. The first-order chi connectivity index (χ1) is 13.7. The Kier molecular flexibility index (Phi) is 4.85. The molecule has 0 spiro atoms. The molecule has 5 heteroatoms. The summed E-state index contributed by atoms with van der Waals surface area (Å²) < 4.78 is 1.02. The molecule has 1 heterocycles. The SMILES string of the molecule is O=C(C[C@H]1C[C@@H]2CC[C@@H]1C2)N(Cc1ccccc1)c1nc2ccc(Cl)cc2s1. The highest BCUT2D eigenvalue weighted by atomic mass is 35.5. The molecular formula is C23H23ClN2OS. The lowest BCUT2D eigenvalue weighted by molar-refractivity contribution is -0.120. The molecule has 3 atom stereocenters. The van der Waals surface area contributed by atoms with E-state index in [0.717, 1.165) is 32.7 Å². The molecule has 3 aromatic rings. The fraction of sp³-hybridized carbons (Fsp3) is 0.391. The molecule has 2 bridgehead atoms. The van der Waals surface area contributed by atoms with Crippen LogP contribution >= 0.6 is 22.9 Å². The number of amides is 1. The average molecular weight is 411 g/mol. The lowest BCUT2D eigenvalue weighted by atomic mass is 9.86. The number of rotatable bonds is 5. The number of nitrogens with zero attached hydrogens (tertiary/aromatic N) is 2. The van der Waals surface area contributed by atoms with Crippen LogP contribution in [0, 0.1) is 17.8 Å². The first-order valence-electron chi connectivity index (χ1n) is 10.1. The number of hydrogen-bond donors (Lipinski definition) is 0.